The molecule has 0 unspecified atom stereocenters. The molecule has 1 aromatic heterocycles. The molecule has 8 nitrogen and oxygen atoms in total. The molecule has 4 rings (SSSR count). The molecule has 0 amide bonds. The molecule has 1 heterocycles. The summed E-state index contributed by atoms with van der Waals surface area (Å²) in [5.41, 5.74) is 4.34. The van der Waals surface area contributed by atoms with Crippen LogP contribution in [0.4, 0.5) is 17.2 Å². The Morgan fingerprint density at radius 3 is 2.34 bits per heavy atom. The summed E-state index contributed by atoms with van der Waals surface area (Å²) in [6.07, 6.45) is 4.03. The number of sulfonamides is 1. The van der Waals surface area contributed by atoms with Gasteiger partial charge in [-0.25, -0.2) is 23.2 Å². The monoisotopic (exact) mass is 486 g/mol. The summed E-state index contributed by atoms with van der Waals surface area (Å²) in [4.78, 5) is 19.5. The van der Waals surface area contributed by atoms with Crippen molar-refractivity contribution in [1.82, 2.24) is 9.97 Å². The number of anilines is 3. The molecule has 0 fully saturated rings. The predicted octanol–water partition coefficient (Wildman–Crippen LogP) is 5.09. The Labute approximate surface area is 203 Å². The first kappa shape index (κ1) is 23.7. The number of aliphatic carboxylic acids is 1. The summed E-state index contributed by atoms with van der Waals surface area (Å²) in [7, 11) is -3.68. The molecule has 3 N–H and O–H groups in total. The molecule has 0 aliphatic carbocycles. The molecule has 0 bridgehead atoms. The van der Waals surface area contributed by atoms with Crippen molar-refractivity contribution in [2.75, 3.05) is 10.0 Å². The number of carbonyl (C=O) groups is 1. The van der Waals surface area contributed by atoms with E-state index in [1.54, 1.807) is 60.7 Å². The van der Waals surface area contributed by atoms with Crippen molar-refractivity contribution in [3.8, 4) is 11.3 Å². The third-order valence-electron chi connectivity index (χ3n) is 5.01. The van der Waals surface area contributed by atoms with E-state index >= 15 is 0 Å². The lowest BCUT2D eigenvalue weighted by molar-refractivity contribution is -0.131. The van der Waals surface area contributed by atoms with Crippen molar-refractivity contribution >= 4 is 39.3 Å². The van der Waals surface area contributed by atoms with Crippen molar-refractivity contribution in [1.29, 1.82) is 0 Å². The predicted molar refractivity (Wildman–Crippen MR) is 136 cm³/mol. The smallest absolute Gasteiger partial charge is 0.328 e. The fourth-order valence-corrected chi connectivity index (χ4v) is 4.31. The molecule has 0 spiro atoms. The van der Waals surface area contributed by atoms with Crippen LogP contribution in [0, 0.1) is 6.92 Å². The lowest BCUT2D eigenvalue weighted by Crippen LogP contribution is -2.12. The number of nitrogens with zero attached hydrogens (tertiary/aromatic N) is 2. The van der Waals surface area contributed by atoms with E-state index < -0.39 is 16.0 Å². The van der Waals surface area contributed by atoms with Gasteiger partial charge in [-0.3, -0.25) is 4.72 Å². The maximum Gasteiger partial charge on any atom is 0.328 e. The van der Waals surface area contributed by atoms with Crippen LogP contribution in [0.5, 0.6) is 0 Å². The second kappa shape index (κ2) is 10.2. The van der Waals surface area contributed by atoms with Crippen LogP contribution in [-0.2, 0) is 14.8 Å². The highest BCUT2D eigenvalue weighted by molar-refractivity contribution is 7.92. The lowest BCUT2D eigenvalue weighted by atomic mass is 10.1. The van der Waals surface area contributed by atoms with E-state index in [0.29, 0.717) is 22.9 Å². The van der Waals surface area contributed by atoms with Crippen molar-refractivity contribution in [3.05, 3.63) is 102 Å². The molecule has 9 heteroatoms. The molecular formula is C26H22N4O4S. The van der Waals surface area contributed by atoms with Gasteiger partial charge in [0, 0.05) is 29.1 Å². The lowest BCUT2D eigenvalue weighted by Gasteiger charge is -2.10. The summed E-state index contributed by atoms with van der Waals surface area (Å²) < 4.78 is 27.7. The maximum atomic E-state index is 12.6. The van der Waals surface area contributed by atoms with Gasteiger partial charge in [0.25, 0.3) is 10.0 Å². The molecule has 176 valence electrons. The number of hydrogen-bond acceptors (Lipinski definition) is 6. The Hall–Kier alpha value is -4.50. The number of aryl methyl sites for hydroxylation is 1. The first-order valence-electron chi connectivity index (χ1n) is 10.6. The summed E-state index contributed by atoms with van der Waals surface area (Å²) in [5, 5.41) is 12.0. The molecule has 0 saturated carbocycles. The van der Waals surface area contributed by atoms with Gasteiger partial charge in [0.2, 0.25) is 0 Å². The van der Waals surface area contributed by atoms with E-state index in [-0.39, 0.29) is 4.90 Å². The molecular weight excluding hydrogens is 464 g/mol. The molecule has 35 heavy (non-hydrogen) atoms. The van der Waals surface area contributed by atoms with Crippen molar-refractivity contribution in [2.45, 2.75) is 11.8 Å². The van der Waals surface area contributed by atoms with Gasteiger partial charge < -0.3 is 10.4 Å². The minimum absolute atomic E-state index is 0.196. The van der Waals surface area contributed by atoms with Gasteiger partial charge in [0.05, 0.1) is 10.6 Å². The highest BCUT2D eigenvalue weighted by atomic mass is 32.2. The van der Waals surface area contributed by atoms with Crippen molar-refractivity contribution in [2.24, 2.45) is 0 Å². The second-order valence-corrected chi connectivity index (χ2v) is 9.39. The van der Waals surface area contributed by atoms with Gasteiger partial charge in [0.1, 0.15) is 12.1 Å². The van der Waals surface area contributed by atoms with Crippen LogP contribution in [0.15, 0.2) is 96.2 Å². The zero-order valence-electron chi connectivity index (χ0n) is 18.7. The van der Waals surface area contributed by atoms with E-state index in [1.807, 2.05) is 25.1 Å². The number of rotatable bonds is 8. The Balaban J connectivity index is 1.47. The molecule has 0 atom stereocenters. The highest BCUT2D eigenvalue weighted by Crippen LogP contribution is 2.24. The summed E-state index contributed by atoms with van der Waals surface area (Å²) in [5.74, 6) is -0.465. The minimum Gasteiger partial charge on any atom is -0.478 e. The standard InChI is InChI=1S/C26H22N4O4S/c1-18-5-12-23(13-6-18)35(33,34)30-22-10-8-21(9-11-22)29-25-16-24(27-17-28-25)20-4-2-3-19(15-20)7-14-26(31)32/h2-17,30H,1H3,(H,31,32)(H,27,28,29). The second-order valence-electron chi connectivity index (χ2n) is 7.71. The fraction of sp³-hybridized carbons (Fsp3) is 0.0385. The van der Waals surface area contributed by atoms with Gasteiger partial charge in [-0.05, 0) is 61.0 Å². The van der Waals surface area contributed by atoms with Gasteiger partial charge in [-0.2, -0.15) is 0 Å². The summed E-state index contributed by atoms with van der Waals surface area (Å²) in [6, 6.07) is 22.5. The quantitative estimate of drug-likeness (QED) is 0.296. The Bertz CT molecular complexity index is 1480. The number of nitrogens with one attached hydrogen (secondary N) is 2. The Morgan fingerprint density at radius 1 is 0.914 bits per heavy atom. The van der Waals surface area contributed by atoms with Gasteiger partial charge in [-0.1, -0.05) is 35.9 Å². The highest BCUT2D eigenvalue weighted by Gasteiger charge is 2.13. The van der Waals surface area contributed by atoms with E-state index in [9.17, 15) is 13.2 Å². The zero-order chi connectivity index (χ0) is 24.8. The average molecular weight is 487 g/mol. The molecule has 0 saturated heterocycles. The van der Waals surface area contributed by atoms with Crippen LogP contribution >= 0.6 is 0 Å². The first-order chi connectivity index (χ1) is 16.8. The number of hydrogen-bond donors (Lipinski definition) is 3. The largest absolute Gasteiger partial charge is 0.478 e. The van der Waals surface area contributed by atoms with Crippen molar-refractivity contribution < 1.29 is 18.3 Å². The van der Waals surface area contributed by atoms with E-state index in [1.165, 1.54) is 12.4 Å². The number of benzene rings is 3. The minimum atomic E-state index is -3.68. The molecule has 0 radical (unpaired) electrons. The fourth-order valence-electron chi connectivity index (χ4n) is 3.25. The number of carboxylic acid groups (broad SMARTS) is 1. The van der Waals surface area contributed by atoms with Crippen molar-refractivity contribution in [3.63, 3.8) is 0 Å². The van der Waals surface area contributed by atoms with Crippen LogP contribution < -0.4 is 10.0 Å². The van der Waals surface area contributed by atoms with E-state index in [2.05, 4.69) is 20.0 Å². The summed E-state index contributed by atoms with van der Waals surface area (Å²) >= 11 is 0. The zero-order valence-corrected chi connectivity index (χ0v) is 19.5. The molecule has 4 aromatic rings. The Kier molecular flexibility index (Phi) is 6.88. The normalized spacial score (nSPS) is 11.3. The van der Waals surface area contributed by atoms with E-state index in [0.717, 1.165) is 22.8 Å². The summed E-state index contributed by atoms with van der Waals surface area (Å²) in [6.45, 7) is 1.90. The van der Waals surface area contributed by atoms with Crippen LogP contribution in [0.3, 0.4) is 0 Å². The van der Waals surface area contributed by atoms with Gasteiger partial charge >= 0.3 is 5.97 Å². The SMILES string of the molecule is Cc1ccc(S(=O)(=O)Nc2ccc(Nc3cc(-c4cccc(C=CC(=O)O)c4)ncn3)cc2)cc1. The molecule has 3 aromatic carbocycles. The van der Waals surface area contributed by atoms with Crippen LogP contribution in [0.25, 0.3) is 17.3 Å². The number of aromatic nitrogens is 2. The number of carboxylic acids is 1. The van der Waals surface area contributed by atoms with Crippen LogP contribution in [0.2, 0.25) is 0 Å². The third kappa shape index (κ3) is 6.30. The van der Waals surface area contributed by atoms with Gasteiger partial charge in [-0.15, -0.1) is 0 Å². The average Bonchev–Trinajstić information content (AvgIpc) is 2.84. The van der Waals surface area contributed by atoms with Crippen LogP contribution in [-0.4, -0.2) is 29.5 Å². The molecule has 0 aliphatic heterocycles. The van der Waals surface area contributed by atoms with Crippen LogP contribution in [0.1, 0.15) is 11.1 Å². The molecule has 0 aliphatic rings. The topological polar surface area (TPSA) is 121 Å². The van der Waals surface area contributed by atoms with Gasteiger partial charge in [0.15, 0.2) is 0 Å². The maximum absolute atomic E-state index is 12.6. The Morgan fingerprint density at radius 2 is 1.63 bits per heavy atom. The third-order valence-corrected chi connectivity index (χ3v) is 6.41. The van der Waals surface area contributed by atoms with E-state index in [4.69, 9.17) is 5.11 Å². The first-order valence-corrected chi connectivity index (χ1v) is 12.1.